The molecule has 3 rings (SSSR count). The molecule has 0 spiro atoms. The van der Waals surface area contributed by atoms with E-state index in [2.05, 4.69) is 41.5 Å². The summed E-state index contributed by atoms with van der Waals surface area (Å²) in [6.45, 7) is 3.75. The average molecular weight is 274 g/mol. The highest BCUT2D eigenvalue weighted by molar-refractivity contribution is 5.46. The Balaban J connectivity index is 1.38. The van der Waals surface area contributed by atoms with Crippen molar-refractivity contribution in [3.63, 3.8) is 0 Å². The van der Waals surface area contributed by atoms with E-state index in [4.69, 9.17) is 4.74 Å². The third kappa shape index (κ3) is 4.50. The van der Waals surface area contributed by atoms with Crippen molar-refractivity contribution in [1.29, 1.82) is 0 Å². The Morgan fingerprint density at radius 1 is 1.15 bits per heavy atom. The van der Waals surface area contributed by atoms with E-state index in [0.717, 1.165) is 38.3 Å². The molecule has 0 aliphatic heterocycles. The van der Waals surface area contributed by atoms with E-state index in [0.29, 0.717) is 0 Å². The van der Waals surface area contributed by atoms with Gasteiger partial charge in [-0.25, -0.2) is 0 Å². The molecule has 0 radical (unpaired) electrons. The molecule has 2 saturated carbocycles. The summed E-state index contributed by atoms with van der Waals surface area (Å²) in [4.78, 5) is 2.27. The van der Waals surface area contributed by atoms with Gasteiger partial charge in [0.05, 0.1) is 6.61 Å². The molecular formula is C17H26N2O. The summed E-state index contributed by atoms with van der Waals surface area (Å²) >= 11 is 0. The van der Waals surface area contributed by atoms with Gasteiger partial charge in [-0.3, -0.25) is 0 Å². The predicted molar refractivity (Wildman–Crippen MR) is 83.1 cm³/mol. The Hall–Kier alpha value is -1.06. The molecule has 0 amide bonds. The molecule has 2 fully saturated rings. The quantitative estimate of drug-likeness (QED) is 0.701. The number of hydrogen-bond acceptors (Lipinski definition) is 3. The van der Waals surface area contributed by atoms with Crippen molar-refractivity contribution in [2.24, 2.45) is 5.92 Å². The fourth-order valence-corrected chi connectivity index (χ4v) is 2.28. The van der Waals surface area contributed by atoms with Gasteiger partial charge < -0.3 is 15.0 Å². The summed E-state index contributed by atoms with van der Waals surface area (Å²) in [5.74, 6) is 0.860. The van der Waals surface area contributed by atoms with E-state index >= 15 is 0 Å². The predicted octanol–water partition coefficient (Wildman–Crippen LogP) is 2.80. The molecule has 0 heterocycles. The smallest absolute Gasteiger partial charge is 0.0641 e. The highest BCUT2D eigenvalue weighted by Crippen LogP contribution is 2.28. The summed E-state index contributed by atoms with van der Waals surface area (Å²) in [6.07, 6.45) is 5.43. The first-order chi connectivity index (χ1) is 9.81. The van der Waals surface area contributed by atoms with Crippen molar-refractivity contribution in [1.82, 2.24) is 5.32 Å². The minimum Gasteiger partial charge on any atom is -0.379 e. The topological polar surface area (TPSA) is 24.5 Å². The van der Waals surface area contributed by atoms with Crippen LogP contribution < -0.4 is 10.2 Å². The molecule has 0 atom stereocenters. The second-order valence-electron chi connectivity index (χ2n) is 6.26. The molecule has 0 bridgehead atoms. The zero-order valence-electron chi connectivity index (χ0n) is 12.5. The van der Waals surface area contributed by atoms with Crippen molar-refractivity contribution in [2.75, 3.05) is 31.7 Å². The van der Waals surface area contributed by atoms with Crippen LogP contribution in [0.3, 0.4) is 0 Å². The molecule has 20 heavy (non-hydrogen) atoms. The van der Waals surface area contributed by atoms with Gasteiger partial charge in [-0.2, -0.15) is 0 Å². The first kappa shape index (κ1) is 13.9. The maximum Gasteiger partial charge on any atom is 0.0641 e. The van der Waals surface area contributed by atoms with Crippen molar-refractivity contribution in [2.45, 2.75) is 38.3 Å². The average Bonchev–Trinajstić information content (AvgIpc) is 3.36. The van der Waals surface area contributed by atoms with Crippen LogP contribution in [0, 0.1) is 5.92 Å². The molecule has 2 aliphatic rings. The van der Waals surface area contributed by atoms with Crippen LogP contribution in [-0.4, -0.2) is 32.8 Å². The lowest BCUT2D eigenvalue weighted by Crippen LogP contribution is -2.23. The second kappa shape index (κ2) is 6.59. The summed E-state index contributed by atoms with van der Waals surface area (Å²) < 4.78 is 5.69. The maximum absolute atomic E-state index is 5.69. The van der Waals surface area contributed by atoms with Crippen LogP contribution in [0.2, 0.25) is 0 Å². The molecule has 3 heteroatoms. The van der Waals surface area contributed by atoms with Crippen molar-refractivity contribution >= 4 is 5.69 Å². The lowest BCUT2D eigenvalue weighted by molar-refractivity contribution is 0.131. The van der Waals surface area contributed by atoms with Crippen LogP contribution in [0.25, 0.3) is 0 Å². The Labute approximate surface area is 122 Å². The second-order valence-corrected chi connectivity index (χ2v) is 6.26. The summed E-state index contributed by atoms with van der Waals surface area (Å²) in [7, 11) is 2.14. The number of ether oxygens (including phenoxy) is 1. The van der Waals surface area contributed by atoms with Gasteiger partial charge in [-0.05, 0) is 49.3 Å². The van der Waals surface area contributed by atoms with E-state index in [9.17, 15) is 0 Å². The molecule has 0 aromatic heterocycles. The van der Waals surface area contributed by atoms with E-state index < -0.39 is 0 Å². The lowest BCUT2D eigenvalue weighted by Gasteiger charge is -2.19. The fraction of sp³-hybridized carbons (Fsp3) is 0.647. The number of nitrogens with one attached hydrogen (secondary N) is 1. The molecule has 2 aliphatic carbocycles. The normalized spacial score (nSPS) is 18.2. The largest absolute Gasteiger partial charge is 0.379 e. The molecule has 1 N–H and O–H groups in total. The van der Waals surface area contributed by atoms with E-state index in [1.165, 1.54) is 36.9 Å². The fourth-order valence-electron chi connectivity index (χ4n) is 2.28. The number of rotatable bonds is 9. The minimum atomic E-state index is 0.779. The highest BCUT2D eigenvalue weighted by Gasteiger charge is 2.21. The van der Waals surface area contributed by atoms with Crippen LogP contribution in [-0.2, 0) is 11.3 Å². The summed E-state index contributed by atoms with van der Waals surface area (Å²) in [5, 5.41) is 3.55. The molecule has 1 aromatic carbocycles. The van der Waals surface area contributed by atoms with Crippen LogP contribution in [0.4, 0.5) is 5.69 Å². The molecular weight excluding hydrogens is 248 g/mol. The number of benzene rings is 1. The number of likely N-dealkylation sites (N-methyl/N-ethyl adjacent to an activating group) is 1. The zero-order valence-corrected chi connectivity index (χ0v) is 12.5. The van der Waals surface area contributed by atoms with Gasteiger partial charge in [0, 0.05) is 38.5 Å². The van der Waals surface area contributed by atoms with Gasteiger partial charge in [-0.15, -0.1) is 0 Å². The number of anilines is 1. The Morgan fingerprint density at radius 2 is 1.90 bits per heavy atom. The van der Waals surface area contributed by atoms with Gasteiger partial charge in [0.25, 0.3) is 0 Å². The van der Waals surface area contributed by atoms with E-state index in [-0.39, 0.29) is 0 Å². The SMILES string of the molecule is CN(CCOCC1CC1)c1ccc(CNC2CC2)cc1. The molecule has 0 unspecified atom stereocenters. The van der Waals surface area contributed by atoms with Crippen molar-refractivity contribution in [3.8, 4) is 0 Å². The highest BCUT2D eigenvalue weighted by atomic mass is 16.5. The van der Waals surface area contributed by atoms with Crippen LogP contribution in [0.15, 0.2) is 24.3 Å². The van der Waals surface area contributed by atoms with Crippen molar-refractivity contribution in [3.05, 3.63) is 29.8 Å². The van der Waals surface area contributed by atoms with Gasteiger partial charge in [-0.1, -0.05) is 12.1 Å². The summed E-state index contributed by atoms with van der Waals surface area (Å²) in [6, 6.07) is 9.66. The lowest BCUT2D eigenvalue weighted by atomic mass is 10.2. The van der Waals surface area contributed by atoms with Gasteiger partial charge in [0.15, 0.2) is 0 Å². The Bertz CT molecular complexity index is 410. The van der Waals surface area contributed by atoms with Crippen LogP contribution >= 0.6 is 0 Å². The summed E-state index contributed by atoms with van der Waals surface area (Å²) in [5.41, 5.74) is 2.65. The monoisotopic (exact) mass is 274 g/mol. The first-order valence-electron chi connectivity index (χ1n) is 7.92. The molecule has 110 valence electrons. The standard InChI is InChI=1S/C17H26N2O/c1-19(10-11-20-13-15-2-3-15)17-8-4-14(5-9-17)12-18-16-6-7-16/h4-5,8-9,15-16,18H,2-3,6-7,10-13H2,1H3. The first-order valence-corrected chi connectivity index (χ1v) is 7.92. The van der Waals surface area contributed by atoms with Crippen molar-refractivity contribution < 1.29 is 4.74 Å². The van der Waals surface area contributed by atoms with Crippen LogP contribution in [0.1, 0.15) is 31.2 Å². The molecule has 3 nitrogen and oxygen atoms in total. The molecule has 0 saturated heterocycles. The Morgan fingerprint density at radius 3 is 2.55 bits per heavy atom. The van der Waals surface area contributed by atoms with E-state index in [1.54, 1.807) is 0 Å². The number of hydrogen-bond donors (Lipinski definition) is 1. The minimum absolute atomic E-state index is 0.779. The molecule has 1 aromatic rings. The van der Waals surface area contributed by atoms with Gasteiger partial charge in [0.1, 0.15) is 0 Å². The third-order valence-electron chi connectivity index (χ3n) is 4.17. The third-order valence-corrected chi connectivity index (χ3v) is 4.17. The van der Waals surface area contributed by atoms with Gasteiger partial charge in [0.2, 0.25) is 0 Å². The number of nitrogens with zero attached hydrogens (tertiary/aromatic N) is 1. The maximum atomic E-state index is 5.69. The van der Waals surface area contributed by atoms with Crippen LogP contribution in [0.5, 0.6) is 0 Å². The zero-order chi connectivity index (χ0) is 13.8. The van der Waals surface area contributed by atoms with Gasteiger partial charge >= 0.3 is 0 Å². The Kier molecular flexibility index (Phi) is 4.58. The van der Waals surface area contributed by atoms with E-state index in [1.807, 2.05) is 0 Å².